The topological polar surface area (TPSA) is 49.3 Å². The minimum absolute atomic E-state index is 0.0249. The second-order valence-electron chi connectivity index (χ2n) is 4.31. The Labute approximate surface area is 95.5 Å². The zero-order valence-electron chi connectivity index (χ0n) is 9.33. The third-order valence-corrected chi connectivity index (χ3v) is 3.02. The molecular formula is C13H17NO2. The molecule has 0 aromatic heterocycles. The number of aryl methyl sites for hydroxylation is 2. The third-order valence-electron chi connectivity index (χ3n) is 3.02. The van der Waals surface area contributed by atoms with Crippen LogP contribution in [-0.4, -0.2) is 17.6 Å². The monoisotopic (exact) mass is 219 g/mol. The van der Waals surface area contributed by atoms with Gasteiger partial charge in [-0.1, -0.05) is 18.2 Å². The van der Waals surface area contributed by atoms with Gasteiger partial charge in [-0.3, -0.25) is 4.79 Å². The molecule has 2 rings (SSSR count). The van der Waals surface area contributed by atoms with Crippen LogP contribution in [0.4, 0.5) is 0 Å². The lowest BCUT2D eigenvalue weighted by molar-refractivity contribution is -0.135. The number of benzene rings is 1. The maximum Gasteiger partial charge on any atom is 0.317 e. The van der Waals surface area contributed by atoms with Gasteiger partial charge in [0.15, 0.2) is 0 Å². The number of hydrogen-bond acceptors (Lipinski definition) is 2. The van der Waals surface area contributed by atoms with Crippen LogP contribution >= 0.6 is 0 Å². The van der Waals surface area contributed by atoms with Gasteiger partial charge in [0.25, 0.3) is 0 Å². The molecule has 0 spiro atoms. The highest BCUT2D eigenvalue weighted by Gasteiger charge is 2.09. The molecule has 1 aromatic rings. The van der Waals surface area contributed by atoms with Gasteiger partial charge in [-0.25, -0.2) is 0 Å². The van der Waals surface area contributed by atoms with Crippen LogP contribution in [0.2, 0.25) is 0 Å². The number of aliphatic carboxylic acids is 1. The minimum Gasteiger partial charge on any atom is -0.480 e. The maximum atomic E-state index is 10.4. The Morgan fingerprint density at radius 2 is 2.00 bits per heavy atom. The van der Waals surface area contributed by atoms with Crippen LogP contribution in [0.15, 0.2) is 18.2 Å². The normalized spacial score (nSPS) is 14.5. The predicted octanol–water partition coefficient (Wildman–Crippen LogP) is 1.74. The summed E-state index contributed by atoms with van der Waals surface area (Å²) in [6, 6.07) is 6.49. The van der Waals surface area contributed by atoms with E-state index in [4.69, 9.17) is 5.11 Å². The fourth-order valence-electron chi connectivity index (χ4n) is 2.21. The number of rotatable bonds is 4. The Morgan fingerprint density at radius 1 is 1.25 bits per heavy atom. The highest BCUT2D eigenvalue weighted by Crippen LogP contribution is 2.22. The Morgan fingerprint density at radius 3 is 2.75 bits per heavy atom. The van der Waals surface area contributed by atoms with Crippen molar-refractivity contribution >= 4 is 5.97 Å². The summed E-state index contributed by atoms with van der Waals surface area (Å²) in [7, 11) is 0. The molecule has 16 heavy (non-hydrogen) atoms. The summed E-state index contributed by atoms with van der Waals surface area (Å²) in [6.45, 7) is 0.663. The molecule has 0 atom stereocenters. The fraction of sp³-hybridized carbons (Fsp3) is 0.462. The Hall–Kier alpha value is -1.35. The van der Waals surface area contributed by atoms with Crippen molar-refractivity contribution in [3.63, 3.8) is 0 Å². The molecular weight excluding hydrogens is 202 g/mol. The van der Waals surface area contributed by atoms with E-state index in [9.17, 15) is 4.79 Å². The Balaban J connectivity index is 1.97. The van der Waals surface area contributed by atoms with E-state index in [-0.39, 0.29) is 6.54 Å². The van der Waals surface area contributed by atoms with Gasteiger partial charge in [-0.05, 0) is 42.4 Å². The van der Waals surface area contributed by atoms with Gasteiger partial charge >= 0.3 is 5.97 Å². The molecule has 0 bridgehead atoms. The smallest absolute Gasteiger partial charge is 0.317 e. The van der Waals surface area contributed by atoms with Crippen molar-refractivity contribution < 1.29 is 9.90 Å². The lowest BCUT2D eigenvalue weighted by atomic mass is 9.90. The number of fused-ring (bicyclic) bond motifs is 1. The zero-order chi connectivity index (χ0) is 11.4. The quantitative estimate of drug-likeness (QED) is 0.811. The Kier molecular flexibility index (Phi) is 3.57. The van der Waals surface area contributed by atoms with Crippen LogP contribution in [0.25, 0.3) is 0 Å². The highest BCUT2D eigenvalue weighted by molar-refractivity contribution is 5.68. The van der Waals surface area contributed by atoms with E-state index in [2.05, 4.69) is 23.5 Å². The molecule has 1 aromatic carbocycles. The van der Waals surface area contributed by atoms with E-state index in [1.165, 1.54) is 42.4 Å². The van der Waals surface area contributed by atoms with E-state index in [1.807, 2.05) is 0 Å². The lowest BCUT2D eigenvalue weighted by Crippen LogP contribution is -2.22. The van der Waals surface area contributed by atoms with Gasteiger partial charge in [0.05, 0.1) is 6.54 Å². The van der Waals surface area contributed by atoms with E-state index in [1.54, 1.807) is 0 Å². The number of nitrogens with one attached hydrogen (secondary N) is 1. The molecule has 0 saturated heterocycles. The van der Waals surface area contributed by atoms with Crippen molar-refractivity contribution in [3.8, 4) is 0 Å². The van der Waals surface area contributed by atoms with Gasteiger partial charge in [-0.2, -0.15) is 0 Å². The van der Waals surface area contributed by atoms with Crippen LogP contribution < -0.4 is 5.32 Å². The summed E-state index contributed by atoms with van der Waals surface area (Å²) in [4.78, 5) is 10.4. The van der Waals surface area contributed by atoms with E-state index >= 15 is 0 Å². The van der Waals surface area contributed by atoms with Gasteiger partial charge in [-0.15, -0.1) is 0 Å². The summed E-state index contributed by atoms with van der Waals surface area (Å²) in [5.74, 6) is -0.807. The fourth-order valence-corrected chi connectivity index (χ4v) is 2.21. The largest absolute Gasteiger partial charge is 0.480 e. The van der Waals surface area contributed by atoms with E-state index < -0.39 is 5.97 Å². The second kappa shape index (κ2) is 5.12. The maximum absolute atomic E-state index is 10.4. The van der Waals surface area contributed by atoms with Crippen LogP contribution in [-0.2, 0) is 24.2 Å². The molecule has 0 saturated carbocycles. The Bertz CT molecular complexity index is 388. The van der Waals surface area contributed by atoms with Crippen molar-refractivity contribution in [1.29, 1.82) is 0 Å². The minimum atomic E-state index is -0.807. The molecule has 0 radical (unpaired) electrons. The summed E-state index contributed by atoms with van der Waals surface area (Å²) < 4.78 is 0. The summed E-state index contributed by atoms with van der Waals surface area (Å²) in [5.41, 5.74) is 4.09. The molecule has 86 valence electrons. The molecule has 0 unspecified atom stereocenters. The molecule has 1 aliphatic rings. The molecule has 0 amide bonds. The number of carbonyl (C=O) groups is 1. The van der Waals surface area contributed by atoms with Gasteiger partial charge in [0.1, 0.15) is 0 Å². The average Bonchev–Trinajstić information content (AvgIpc) is 2.28. The molecule has 2 N–H and O–H groups in total. The van der Waals surface area contributed by atoms with E-state index in [0.29, 0.717) is 6.54 Å². The number of hydrogen-bond donors (Lipinski definition) is 2. The van der Waals surface area contributed by atoms with Crippen molar-refractivity contribution in [1.82, 2.24) is 5.32 Å². The first kappa shape index (κ1) is 11.1. The number of carboxylic acid groups (broad SMARTS) is 1. The third kappa shape index (κ3) is 2.83. The molecule has 0 aliphatic heterocycles. The van der Waals surface area contributed by atoms with Crippen LogP contribution in [0.3, 0.4) is 0 Å². The molecule has 3 heteroatoms. The molecule has 1 aliphatic carbocycles. The summed E-state index contributed by atoms with van der Waals surface area (Å²) >= 11 is 0. The van der Waals surface area contributed by atoms with Gasteiger partial charge in [0, 0.05) is 6.54 Å². The first-order valence-corrected chi connectivity index (χ1v) is 5.79. The standard InChI is InChI=1S/C13H17NO2/c15-13(16)9-14-8-10-5-6-11-3-1-2-4-12(11)7-10/h5-7,14H,1-4,8-9H2,(H,15,16). The summed E-state index contributed by atoms with van der Waals surface area (Å²) in [5, 5.41) is 11.4. The molecule has 0 heterocycles. The van der Waals surface area contributed by atoms with Gasteiger partial charge < -0.3 is 10.4 Å². The zero-order valence-corrected chi connectivity index (χ0v) is 9.33. The van der Waals surface area contributed by atoms with Crippen LogP contribution in [0.5, 0.6) is 0 Å². The first-order chi connectivity index (χ1) is 7.75. The number of carboxylic acids is 1. The van der Waals surface area contributed by atoms with Gasteiger partial charge in [0.2, 0.25) is 0 Å². The summed E-state index contributed by atoms with van der Waals surface area (Å²) in [6.07, 6.45) is 4.93. The lowest BCUT2D eigenvalue weighted by Gasteiger charge is -2.16. The van der Waals surface area contributed by atoms with Crippen molar-refractivity contribution in [3.05, 3.63) is 34.9 Å². The predicted molar refractivity (Wildman–Crippen MR) is 62.4 cm³/mol. The van der Waals surface area contributed by atoms with Crippen LogP contribution in [0.1, 0.15) is 29.5 Å². The SMILES string of the molecule is O=C(O)CNCc1ccc2c(c1)CCCC2. The van der Waals surface area contributed by atoms with Crippen molar-refractivity contribution in [2.45, 2.75) is 32.2 Å². The molecule has 0 fully saturated rings. The first-order valence-electron chi connectivity index (χ1n) is 5.79. The van der Waals surface area contributed by atoms with Crippen LogP contribution in [0, 0.1) is 0 Å². The van der Waals surface area contributed by atoms with E-state index in [0.717, 1.165) is 0 Å². The average molecular weight is 219 g/mol. The highest BCUT2D eigenvalue weighted by atomic mass is 16.4. The van der Waals surface area contributed by atoms with Crippen molar-refractivity contribution in [2.75, 3.05) is 6.54 Å². The molecule has 3 nitrogen and oxygen atoms in total. The second-order valence-corrected chi connectivity index (χ2v) is 4.31. The van der Waals surface area contributed by atoms with Crippen molar-refractivity contribution in [2.24, 2.45) is 0 Å².